The molecule has 1 saturated heterocycles. The summed E-state index contributed by atoms with van der Waals surface area (Å²) in [6.45, 7) is 3.85. The van der Waals surface area contributed by atoms with Crippen molar-refractivity contribution in [1.29, 1.82) is 0 Å². The smallest absolute Gasteiger partial charge is 0.335 e. The lowest BCUT2D eigenvalue weighted by molar-refractivity contribution is 0.0696. The predicted molar refractivity (Wildman–Crippen MR) is 82.6 cm³/mol. The van der Waals surface area contributed by atoms with Crippen LogP contribution in [0.2, 0.25) is 0 Å². The summed E-state index contributed by atoms with van der Waals surface area (Å²) < 4.78 is 0. The Kier molecular flexibility index (Phi) is 4.03. The number of hydrogen-bond donors (Lipinski definition) is 1. The Morgan fingerprint density at radius 2 is 2.38 bits per heavy atom. The highest BCUT2D eigenvalue weighted by molar-refractivity contribution is 7.09. The highest BCUT2D eigenvalue weighted by Crippen LogP contribution is 2.33. The molecule has 1 aliphatic rings. The molecule has 1 aliphatic heterocycles. The number of thiazole rings is 1. The van der Waals surface area contributed by atoms with Crippen molar-refractivity contribution < 1.29 is 9.90 Å². The molecule has 1 aromatic heterocycles. The Morgan fingerprint density at radius 3 is 3.10 bits per heavy atom. The normalized spacial score (nSPS) is 19.0. The van der Waals surface area contributed by atoms with Crippen LogP contribution in [-0.4, -0.2) is 27.5 Å². The molecule has 0 aliphatic carbocycles. The number of rotatable bonds is 4. The van der Waals surface area contributed by atoms with Crippen LogP contribution < -0.4 is 0 Å². The number of likely N-dealkylation sites (tertiary alicyclic amines) is 1. The van der Waals surface area contributed by atoms with E-state index in [0.29, 0.717) is 11.6 Å². The third-order valence-electron chi connectivity index (χ3n) is 3.90. The summed E-state index contributed by atoms with van der Waals surface area (Å²) in [6, 6.07) is 7.58. The number of carbonyl (C=O) groups is 1. The molecule has 0 unspecified atom stereocenters. The summed E-state index contributed by atoms with van der Waals surface area (Å²) in [7, 11) is 0. The second kappa shape index (κ2) is 5.95. The summed E-state index contributed by atoms with van der Waals surface area (Å²) in [4.78, 5) is 18.1. The molecule has 0 radical (unpaired) electrons. The van der Waals surface area contributed by atoms with Gasteiger partial charge in [0, 0.05) is 11.9 Å². The van der Waals surface area contributed by atoms with Gasteiger partial charge in [0.05, 0.1) is 22.3 Å². The van der Waals surface area contributed by atoms with Crippen LogP contribution in [0.5, 0.6) is 0 Å². The highest BCUT2D eigenvalue weighted by Gasteiger charge is 2.27. The first kappa shape index (κ1) is 14.2. The van der Waals surface area contributed by atoms with Crippen LogP contribution >= 0.6 is 11.3 Å². The van der Waals surface area contributed by atoms with Crippen molar-refractivity contribution in [3.8, 4) is 0 Å². The van der Waals surface area contributed by atoms with E-state index in [-0.39, 0.29) is 0 Å². The second-order valence-electron chi connectivity index (χ2n) is 5.43. The molecule has 1 fully saturated rings. The highest BCUT2D eigenvalue weighted by atomic mass is 32.1. The molecule has 2 heterocycles. The number of hydrogen-bond acceptors (Lipinski definition) is 4. The van der Waals surface area contributed by atoms with E-state index < -0.39 is 5.97 Å². The van der Waals surface area contributed by atoms with Gasteiger partial charge < -0.3 is 5.11 Å². The average molecular weight is 302 g/mol. The molecule has 110 valence electrons. The molecular weight excluding hydrogens is 284 g/mol. The van der Waals surface area contributed by atoms with Crippen molar-refractivity contribution in [3.63, 3.8) is 0 Å². The third kappa shape index (κ3) is 3.14. The maximum Gasteiger partial charge on any atom is 0.335 e. The minimum absolute atomic E-state index is 0.354. The molecule has 1 atom stereocenters. The first-order valence-electron chi connectivity index (χ1n) is 7.12. The zero-order valence-corrected chi connectivity index (χ0v) is 12.8. The van der Waals surface area contributed by atoms with Gasteiger partial charge in [-0.2, -0.15) is 0 Å². The van der Waals surface area contributed by atoms with Gasteiger partial charge in [-0.05, 0) is 44.0 Å². The van der Waals surface area contributed by atoms with Gasteiger partial charge in [-0.25, -0.2) is 9.78 Å². The minimum atomic E-state index is -0.870. The second-order valence-corrected chi connectivity index (χ2v) is 6.49. The predicted octanol–water partition coefficient (Wildman–Crippen LogP) is 3.49. The largest absolute Gasteiger partial charge is 0.478 e. The zero-order chi connectivity index (χ0) is 14.8. The Morgan fingerprint density at radius 1 is 1.52 bits per heavy atom. The molecule has 4 nitrogen and oxygen atoms in total. The minimum Gasteiger partial charge on any atom is -0.478 e. The molecule has 2 aromatic rings. The Bertz CT molecular complexity index is 653. The summed E-state index contributed by atoms with van der Waals surface area (Å²) in [5.41, 5.74) is 2.56. The fourth-order valence-corrected chi connectivity index (χ4v) is 3.58. The van der Waals surface area contributed by atoms with Gasteiger partial charge in [-0.15, -0.1) is 11.3 Å². The van der Waals surface area contributed by atoms with Crippen molar-refractivity contribution in [1.82, 2.24) is 9.88 Å². The van der Waals surface area contributed by atoms with E-state index in [2.05, 4.69) is 15.3 Å². The fraction of sp³-hybridized carbons (Fsp3) is 0.375. The Balaban J connectivity index is 1.77. The van der Waals surface area contributed by atoms with Crippen molar-refractivity contribution >= 4 is 17.3 Å². The van der Waals surface area contributed by atoms with Crippen molar-refractivity contribution in [2.75, 3.05) is 6.54 Å². The van der Waals surface area contributed by atoms with Crippen LogP contribution in [0.25, 0.3) is 0 Å². The lowest BCUT2D eigenvalue weighted by Gasteiger charge is -2.23. The number of aromatic nitrogens is 1. The fourth-order valence-electron chi connectivity index (χ4n) is 2.92. The molecule has 1 N–H and O–H groups in total. The molecule has 0 bridgehead atoms. The van der Waals surface area contributed by atoms with Crippen LogP contribution in [0, 0.1) is 6.92 Å². The van der Waals surface area contributed by atoms with Crippen LogP contribution in [0.3, 0.4) is 0 Å². The lowest BCUT2D eigenvalue weighted by atomic mass is 10.1. The number of nitrogens with zero attached hydrogens (tertiary/aromatic N) is 2. The van der Waals surface area contributed by atoms with E-state index in [0.717, 1.165) is 35.8 Å². The molecule has 0 spiro atoms. The summed E-state index contributed by atoms with van der Waals surface area (Å²) >= 11 is 1.69. The van der Waals surface area contributed by atoms with Gasteiger partial charge in [0.15, 0.2) is 0 Å². The number of carboxylic acids is 1. The van der Waals surface area contributed by atoms with Crippen molar-refractivity contribution in [3.05, 3.63) is 51.5 Å². The average Bonchev–Trinajstić information content (AvgIpc) is 3.08. The quantitative estimate of drug-likeness (QED) is 0.939. The molecule has 21 heavy (non-hydrogen) atoms. The van der Waals surface area contributed by atoms with Gasteiger partial charge >= 0.3 is 5.97 Å². The Labute approximate surface area is 128 Å². The van der Waals surface area contributed by atoms with Crippen LogP contribution in [0.1, 0.15) is 45.5 Å². The van der Waals surface area contributed by atoms with E-state index in [1.54, 1.807) is 23.5 Å². The van der Waals surface area contributed by atoms with Crippen LogP contribution in [-0.2, 0) is 6.54 Å². The standard InChI is InChI=1S/C16H18N2O2S/c1-11-17-14(10-21-11)15-6-3-7-18(15)9-12-4-2-5-13(8-12)16(19)20/h2,4-5,8,10,15H,3,6-7,9H2,1H3,(H,19,20)/t15-/m1/s1. The maximum atomic E-state index is 11.1. The summed E-state index contributed by atoms with van der Waals surface area (Å²) in [5, 5.41) is 12.3. The van der Waals surface area contributed by atoms with Crippen molar-refractivity contribution in [2.24, 2.45) is 0 Å². The van der Waals surface area contributed by atoms with Gasteiger partial charge in [-0.1, -0.05) is 12.1 Å². The summed E-state index contributed by atoms with van der Waals surface area (Å²) in [5.74, 6) is -0.870. The molecule has 3 rings (SSSR count). The number of benzene rings is 1. The number of aryl methyl sites for hydroxylation is 1. The first-order chi connectivity index (χ1) is 10.1. The molecule has 0 amide bonds. The van der Waals surface area contributed by atoms with E-state index in [1.807, 2.05) is 19.1 Å². The van der Waals surface area contributed by atoms with Gasteiger partial charge in [0.25, 0.3) is 0 Å². The van der Waals surface area contributed by atoms with Crippen LogP contribution in [0.4, 0.5) is 0 Å². The first-order valence-corrected chi connectivity index (χ1v) is 8.00. The van der Waals surface area contributed by atoms with Gasteiger partial charge in [-0.3, -0.25) is 4.90 Å². The molecule has 1 aromatic carbocycles. The molecular formula is C16H18N2O2S. The lowest BCUT2D eigenvalue weighted by Crippen LogP contribution is -2.23. The van der Waals surface area contributed by atoms with E-state index in [4.69, 9.17) is 5.11 Å². The Hall–Kier alpha value is -1.72. The van der Waals surface area contributed by atoms with Crippen molar-refractivity contribution in [2.45, 2.75) is 32.4 Å². The van der Waals surface area contributed by atoms with Crippen LogP contribution in [0.15, 0.2) is 29.6 Å². The number of carboxylic acid groups (broad SMARTS) is 1. The van der Waals surface area contributed by atoms with Gasteiger partial charge in [0.1, 0.15) is 0 Å². The van der Waals surface area contributed by atoms with E-state index >= 15 is 0 Å². The van der Waals surface area contributed by atoms with E-state index in [1.165, 1.54) is 6.42 Å². The number of aromatic carboxylic acids is 1. The van der Waals surface area contributed by atoms with E-state index in [9.17, 15) is 4.79 Å². The van der Waals surface area contributed by atoms with Gasteiger partial charge in [0.2, 0.25) is 0 Å². The third-order valence-corrected chi connectivity index (χ3v) is 4.69. The monoisotopic (exact) mass is 302 g/mol. The topological polar surface area (TPSA) is 53.4 Å². The maximum absolute atomic E-state index is 11.1. The molecule has 0 saturated carbocycles. The zero-order valence-electron chi connectivity index (χ0n) is 12.0. The molecule has 5 heteroatoms. The summed E-state index contributed by atoms with van der Waals surface area (Å²) in [6.07, 6.45) is 2.29. The SMILES string of the molecule is Cc1nc([C@H]2CCCN2Cc2cccc(C(=O)O)c2)cs1.